The molecule has 0 atom stereocenters. The van der Waals surface area contributed by atoms with E-state index in [1.165, 1.54) is 5.56 Å². The topological polar surface area (TPSA) is 61.7 Å². The van der Waals surface area contributed by atoms with Crippen LogP contribution in [-0.4, -0.2) is 19.6 Å². The Morgan fingerprint density at radius 1 is 1.21 bits per heavy atom. The van der Waals surface area contributed by atoms with E-state index in [9.17, 15) is 0 Å². The molecule has 0 unspecified atom stereocenters. The monoisotopic (exact) mass is 253 g/mol. The van der Waals surface area contributed by atoms with E-state index in [2.05, 4.69) is 22.3 Å². The fraction of sp³-hybridized carbons (Fsp3) is 0.143. The first-order chi connectivity index (χ1) is 9.22. The molecule has 5 nitrogen and oxygen atoms in total. The summed E-state index contributed by atoms with van der Waals surface area (Å²) < 4.78 is 3.55. The summed E-state index contributed by atoms with van der Waals surface area (Å²) in [7, 11) is 1.83. The van der Waals surface area contributed by atoms with Gasteiger partial charge in [0.1, 0.15) is 5.82 Å². The highest BCUT2D eigenvalue weighted by atomic mass is 15.3. The predicted octanol–water partition coefficient (Wildman–Crippen LogP) is 1.91. The average molecular weight is 253 g/mol. The van der Waals surface area contributed by atoms with E-state index in [4.69, 9.17) is 5.73 Å². The molecule has 0 aliphatic heterocycles. The van der Waals surface area contributed by atoms with Gasteiger partial charge in [-0.1, -0.05) is 30.3 Å². The Labute approximate surface area is 111 Å². The largest absolute Gasteiger partial charge is 0.384 e. The van der Waals surface area contributed by atoms with Gasteiger partial charge in [0, 0.05) is 24.9 Å². The number of nitrogen functional groups attached to an aromatic ring is 1. The molecule has 0 amide bonds. The molecule has 96 valence electrons. The Kier molecular flexibility index (Phi) is 2.79. The second kappa shape index (κ2) is 4.61. The summed E-state index contributed by atoms with van der Waals surface area (Å²) in [5.41, 5.74) is 8.82. The number of rotatable bonds is 3. The fourth-order valence-corrected chi connectivity index (χ4v) is 1.98. The summed E-state index contributed by atoms with van der Waals surface area (Å²) in [5.74, 6) is 0.644. The lowest BCUT2D eigenvalue weighted by Crippen LogP contribution is -1.99. The summed E-state index contributed by atoms with van der Waals surface area (Å²) >= 11 is 0. The van der Waals surface area contributed by atoms with Crippen LogP contribution >= 0.6 is 0 Å². The number of nitrogens with zero attached hydrogens (tertiary/aromatic N) is 4. The fourth-order valence-electron chi connectivity index (χ4n) is 1.98. The van der Waals surface area contributed by atoms with E-state index in [1.54, 1.807) is 4.68 Å². The standard InChI is InChI=1S/C14H15N5/c1-18-14(15)7-13(17-18)12-8-16-19(10-12)9-11-5-3-2-4-6-11/h2-8,10H,9,15H2,1H3. The highest BCUT2D eigenvalue weighted by Gasteiger charge is 2.07. The molecule has 5 heteroatoms. The van der Waals surface area contributed by atoms with Gasteiger partial charge in [-0.05, 0) is 5.56 Å². The molecule has 2 aromatic heterocycles. The van der Waals surface area contributed by atoms with Crippen molar-refractivity contribution in [3.05, 3.63) is 54.4 Å². The molecule has 0 saturated heterocycles. The van der Waals surface area contributed by atoms with Crippen molar-refractivity contribution in [3.8, 4) is 11.3 Å². The van der Waals surface area contributed by atoms with E-state index >= 15 is 0 Å². The number of benzene rings is 1. The van der Waals surface area contributed by atoms with Crippen molar-refractivity contribution in [2.45, 2.75) is 6.54 Å². The molecular weight excluding hydrogens is 238 g/mol. The van der Waals surface area contributed by atoms with Gasteiger partial charge in [0.25, 0.3) is 0 Å². The van der Waals surface area contributed by atoms with E-state index in [1.807, 2.05) is 48.4 Å². The molecule has 0 aliphatic rings. The lowest BCUT2D eigenvalue weighted by atomic mass is 10.2. The van der Waals surface area contributed by atoms with Crippen LogP contribution in [0.1, 0.15) is 5.56 Å². The minimum Gasteiger partial charge on any atom is -0.384 e. The number of hydrogen-bond donors (Lipinski definition) is 1. The maximum Gasteiger partial charge on any atom is 0.121 e. The summed E-state index contributed by atoms with van der Waals surface area (Å²) in [6, 6.07) is 12.1. The smallest absolute Gasteiger partial charge is 0.121 e. The minimum atomic E-state index is 0.644. The Bertz CT molecular complexity index is 661. The second-order valence-electron chi connectivity index (χ2n) is 4.49. The molecule has 0 radical (unpaired) electrons. The van der Waals surface area contributed by atoms with Crippen molar-refractivity contribution in [1.82, 2.24) is 19.6 Å². The van der Waals surface area contributed by atoms with Gasteiger partial charge < -0.3 is 5.73 Å². The predicted molar refractivity (Wildman–Crippen MR) is 74.4 cm³/mol. The molecule has 1 aromatic carbocycles. The maximum atomic E-state index is 5.78. The van der Waals surface area contributed by atoms with Crippen LogP contribution in [0.2, 0.25) is 0 Å². The summed E-state index contributed by atoms with van der Waals surface area (Å²) in [6.45, 7) is 0.753. The van der Waals surface area contributed by atoms with Gasteiger partial charge in [-0.3, -0.25) is 9.36 Å². The Morgan fingerprint density at radius 3 is 2.68 bits per heavy atom. The number of anilines is 1. The van der Waals surface area contributed by atoms with Crippen LogP contribution in [-0.2, 0) is 13.6 Å². The molecule has 0 spiro atoms. The normalized spacial score (nSPS) is 10.8. The zero-order chi connectivity index (χ0) is 13.2. The van der Waals surface area contributed by atoms with Crippen molar-refractivity contribution >= 4 is 5.82 Å². The van der Waals surface area contributed by atoms with Crippen molar-refractivity contribution < 1.29 is 0 Å². The zero-order valence-corrected chi connectivity index (χ0v) is 10.7. The van der Waals surface area contributed by atoms with E-state index in [0.29, 0.717) is 5.82 Å². The van der Waals surface area contributed by atoms with Crippen LogP contribution in [0.15, 0.2) is 48.8 Å². The van der Waals surface area contributed by atoms with Gasteiger partial charge in [-0.25, -0.2) is 0 Å². The number of aromatic nitrogens is 4. The first-order valence-corrected chi connectivity index (χ1v) is 6.08. The van der Waals surface area contributed by atoms with Crippen LogP contribution in [0.5, 0.6) is 0 Å². The Balaban J connectivity index is 1.83. The van der Waals surface area contributed by atoms with Gasteiger partial charge >= 0.3 is 0 Å². The summed E-state index contributed by atoms with van der Waals surface area (Å²) in [6.07, 6.45) is 3.79. The Hall–Kier alpha value is -2.56. The van der Waals surface area contributed by atoms with E-state index in [0.717, 1.165) is 17.8 Å². The minimum absolute atomic E-state index is 0.644. The van der Waals surface area contributed by atoms with Crippen LogP contribution in [0.3, 0.4) is 0 Å². The van der Waals surface area contributed by atoms with Crippen molar-refractivity contribution in [1.29, 1.82) is 0 Å². The Morgan fingerprint density at radius 2 is 2.00 bits per heavy atom. The number of nitrogens with two attached hydrogens (primary N) is 1. The van der Waals surface area contributed by atoms with Gasteiger partial charge in [0.2, 0.25) is 0 Å². The zero-order valence-electron chi connectivity index (χ0n) is 10.7. The van der Waals surface area contributed by atoms with Gasteiger partial charge in [0.05, 0.1) is 18.4 Å². The first-order valence-electron chi connectivity index (χ1n) is 6.08. The van der Waals surface area contributed by atoms with E-state index in [-0.39, 0.29) is 0 Å². The van der Waals surface area contributed by atoms with Crippen LogP contribution in [0, 0.1) is 0 Å². The molecule has 0 aliphatic carbocycles. The summed E-state index contributed by atoms with van der Waals surface area (Å²) in [4.78, 5) is 0. The van der Waals surface area contributed by atoms with E-state index < -0.39 is 0 Å². The van der Waals surface area contributed by atoms with Crippen molar-refractivity contribution in [2.24, 2.45) is 7.05 Å². The molecule has 3 rings (SSSR count). The number of aryl methyl sites for hydroxylation is 1. The lowest BCUT2D eigenvalue weighted by molar-refractivity contribution is 0.687. The average Bonchev–Trinajstić information content (AvgIpc) is 2.99. The van der Waals surface area contributed by atoms with Crippen molar-refractivity contribution in [3.63, 3.8) is 0 Å². The highest BCUT2D eigenvalue weighted by Crippen LogP contribution is 2.19. The SMILES string of the molecule is Cn1nc(-c2cnn(Cc3ccccc3)c2)cc1N. The van der Waals surface area contributed by atoms with Crippen LogP contribution in [0.25, 0.3) is 11.3 Å². The van der Waals surface area contributed by atoms with Gasteiger partial charge in [0.15, 0.2) is 0 Å². The third kappa shape index (κ3) is 2.35. The molecular formula is C14H15N5. The molecule has 3 aromatic rings. The molecule has 2 N–H and O–H groups in total. The summed E-state index contributed by atoms with van der Waals surface area (Å²) in [5, 5.41) is 8.69. The lowest BCUT2D eigenvalue weighted by Gasteiger charge is -2.00. The third-order valence-corrected chi connectivity index (χ3v) is 3.03. The quantitative estimate of drug-likeness (QED) is 0.775. The van der Waals surface area contributed by atoms with Crippen LogP contribution < -0.4 is 5.73 Å². The van der Waals surface area contributed by atoms with Gasteiger partial charge in [-0.2, -0.15) is 10.2 Å². The number of hydrogen-bond acceptors (Lipinski definition) is 3. The second-order valence-corrected chi connectivity index (χ2v) is 4.49. The molecule has 0 fully saturated rings. The third-order valence-electron chi connectivity index (χ3n) is 3.03. The molecule has 0 bridgehead atoms. The highest BCUT2D eigenvalue weighted by molar-refractivity contribution is 5.60. The molecule has 19 heavy (non-hydrogen) atoms. The molecule has 2 heterocycles. The van der Waals surface area contributed by atoms with Crippen LogP contribution in [0.4, 0.5) is 5.82 Å². The maximum absolute atomic E-state index is 5.78. The van der Waals surface area contributed by atoms with Gasteiger partial charge in [-0.15, -0.1) is 0 Å². The first kappa shape index (κ1) is 11.5. The van der Waals surface area contributed by atoms with Crippen molar-refractivity contribution in [2.75, 3.05) is 5.73 Å². The molecule has 0 saturated carbocycles.